The molecular weight excluding hydrogens is 362 g/mol. The van der Waals surface area contributed by atoms with Crippen LogP contribution in [0.15, 0.2) is 42.5 Å². The first-order chi connectivity index (χ1) is 14.1. The number of rotatable bonds is 6. The van der Waals surface area contributed by atoms with Crippen molar-refractivity contribution in [1.82, 2.24) is 14.5 Å². The Balaban J connectivity index is 1.53. The fraction of sp³-hybridized carbons (Fsp3) is 0.417. The molecule has 1 aromatic heterocycles. The summed E-state index contributed by atoms with van der Waals surface area (Å²) in [5.74, 6) is 2.09. The molecular formula is C24H29N3O2. The lowest BCUT2D eigenvalue weighted by molar-refractivity contribution is -0.129. The van der Waals surface area contributed by atoms with E-state index < -0.39 is 0 Å². The zero-order valence-corrected chi connectivity index (χ0v) is 17.5. The Morgan fingerprint density at radius 1 is 1.17 bits per heavy atom. The first-order valence-corrected chi connectivity index (χ1v) is 10.5. The van der Waals surface area contributed by atoms with Crippen LogP contribution in [0.4, 0.5) is 0 Å². The Hall–Kier alpha value is -2.82. The third kappa shape index (κ3) is 3.86. The first-order valence-electron chi connectivity index (χ1n) is 10.5. The summed E-state index contributed by atoms with van der Waals surface area (Å²) in [6, 6.07) is 14.5. The average molecular weight is 392 g/mol. The van der Waals surface area contributed by atoms with Crippen molar-refractivity contribution in [1.29, 1.82) is 0 Å². The number of aromatic nitrogens is 2. The number of para-hydroxylation sites is 2. The maximum atomic E-state index is 12.1. The van der Waals surface area contributed by atoms with Crippen LogP contribution in [0.2, 0.25) is 0 Å². The molecule has 1 unspecified atom stereocenters. The van der Waals surface area contributed by atoms with Gasteiger partial charge in [-0.2, -0.15) is 0 Å². The van der Waals surface area contributed by atoms with E-state index in [0.717, 1.165) is 55.0 Å². The quantitative estimate of drug-likeness (QED) is 0.567. The van der Waals surface area contributed by atoms with Gasteiger partial charge in [0.1, 0.15) is 11.6 Å². The van der Waals surface area contributed by atoms with Crippen molar-refractivity contribution in [2.75, 3.05) is 13.2 Å². The summed E-state index contributed by atoms with van der Waals surface area (Å²) in [6.45, 7) is 8.15. The molecule has 0 bridgehead atoms. The summed E-state index contributed by atoms with van der Waals surface area (Å²) in [5.41, 5.74) is 4.57. The number of amides is 1. The smallest absolute Gasteiger partial charge is 0.220 e. The number of fused-ring (bicyclic) bond motifs is 1. The van der Waals surface area contributed by atoms with Crippen LogP contribution in [-0.4, -0.2) is 33.5 Å². The molecule has 3 aromatic rings. The highest BCUT2D eigenvalue weighted by molar-refractivity contribution is 5.77. The van der Waals surface area contributed by atoms with Gasteiger partial charge in [0.2, 0.25) is 5.91 Å². The van der Waals surface area contributed by atoms with Gasteiger partial charge in [0.05, 0.1) is 23.7 Å². The summed E-state index contributed by atoms with van der Waals surface area (Å²) < 4.78 is 8.34. The topological polar surface area (TPSA) is 47.4 Å². The number of imidazole rings is 1. The van der Waals surface area contributed by atoms with E-state index in [1.807, 2.05) is 29.2 Å². The molecule has 0 saturated carbocycles. The highest BCUT2D eigenvalue weighted by atomic mass is 16.5. The number of aryl methyl sites for hydroxylation is 2. The van der Waals surface area contributed by atoms with Gasteiger partial charge >= 0.3 is 0 Å². The first kappa shape index (κ1) is 19.5. The van der Waals surface area contributed by atoms with Crippen molar-refractivity contribution >= 4 is 16.9 Å². The standard InChI is InChI=1S/C24H29N3O2/c1-17-9-6-13-23(18(17)2)29-16-8-15-27-21-11-5-4-10-20(21)25-24(27)22-12-7-14-26(22)19(3)28/h4-6,9-11,13,22H,7-8,12,14-16H2,1-3H3. The second kappa shape index (κ2) is 8.27. The lowest BCUT2D eigenvalue weighted by Crippen LogP contribution is -2.30. The van der Waals surface area contributed by atoms with Gasteiger partial charge in [-0.25, -0.2) is 4.98 Å². The summed E-state index contributed by atoms with van der Waals surface area (Å²) in [6.07, 6.45) is 2.89. The Labute approximate surface area is 172 Å². The fourth-order valence-electron chi connectivity index (χ4n) is 4.28. The Morgan fingerprint density at radius 3 is 2.83 bits per heavy atom. The Bertz CT molecular complexity index is 1020. The van der Waals surface area contributed by atoms with Gasteiger partial charge in [-0.15, -0.1) is 0 Å². The summed E-state index contributed by atoms with van der Waals surface area (Å²) in [4.78, 5) is 19.0. The summed E-state index contributed by atoms with van der Waals surface area (Å²) in [5, 5.41) is 0. The minimum atomic E-state index is 0.0693. The van der Waals surface area contributed by atoms with Gasteiger partial charge in [-0.05, 0) is 62.4 Å². The number of ether oxygens (including phenoxy) is 1. The minimum Gasteiger partial charge on any atom is -0.493 e. The fourth-order valence-corrected chi connectivity index (χ4v) is 4.28. The monoisotopic (exact) mass is 391 g/mol. The normalized spacial score (nSPS) is 16.5. The van der Waals surface area contributed by atoms with Crippen LogP contribution < -0.4 is 4.74 Å². The van der Waals surface area contributed by atoms with Crippen molar-refractivity contribution < 1.29 is 9.53 Å². The molecule has 5 heteroatoms. The molecule has 0 radical (unpaired) electrons. The maximum Gasteiger partial charge on any atom is 0.220 e. The summed E-state index contributed by atoms with van der Waals surface area (Å²) >= 11 is 0. The van der Waals surface area contributed by atoms with Crippen LogP contribution in [0.1, 0.15) is 49.2 Å². The van der Waals surface area contributed by atoms with E-state index >= 15 is 0 Å². The SMILES string of the molecule is CC(=O)N1CCCC1c1nc2ccccc2n1CCCOc1cccc(C)c1C. The van der Waals surface area contributed by atoms with Gasteiger partial charge in [0, 0.05) is 20.0 Å². The second-order valence-electron chi connectivity index (χ2n) is 7.88. The zero-order chi connectivity index (χ0) is 20.4. The van der Waals surface area contributed by atoms with Gasteiger partial charge in [0.25, 0.3) is 0 Å². The van der Waals surface area contributed by atoms with Crippen LogP contribution in [0.5, 0.6) is 5.75 Å². The van der Waals surface area contributed by atoms with Crippen molar-refractivity contribution in [3.8, 4) is 5.75 Å². The molecule has 29 heavy (non-hydrogen) atoms. The zero-order valence-electron chi connectivity index (χ0n) is 17.5. The van der Waals surface area contributed by atoms with Crippen molar-refractivity contribution in [2.24, 2.45) is 0 Å². The Kier molecular flexibility index (Phi) is 5.56. The number of likely N-dealkylation sites (tertiary alicyclic amines) is 1. The molecule has 1 aliphatic heterocycles. The molecule has 0 spiro atoms. The van der Waals surface area contributed by atoms with Crippen molar-refractivity contribution in [2.45, 2.75) is 52.6 Å². The molecule has 1 atom stereocenters. The number of hydrogen-bond donors (Lipinski definition) is 0. The van der Waals surface area contributed by atoms with Crippen LogP contribution in [-0.2, 0) is 11.3 Å². The molecule has 1 saturated heterocycles. The van der Waals surface area contributed by atoms with Gasteiger partial charge in [0.15, 0.2) is 0 Å². The molecule has 2 aromatic carbocycles. The van der Waals surface area contributed by atoms with Crippen molar-refractivity contribution in [3.63, 3.8) is 0 Å². The molecule has 5 nitrogen and oxygen atoms in total. The molecule has 1 aliphatic rings. The third-order valence-corrected chi connectivity index (χ3v) is 5.98. The molecule has 1 amide bonds. The number of carbonyl (C=O) groups is 1. The van der Waals surface area contributed by atoms with E-state index in [-0.39, 0.29) is 11.9 Å². The number of hydrogen-bond acceptors (Lipinski definition) is 3. The molecule has 0 N–H and O–H groups in total. The highest BCUT2D eigenvalue weighted by Gasteiger charge is 2.32. The van der Waals surface area contributed by atoms with Crippen molar-refractivity contribution in [3.05, 3.63) is 59.4 Å². The van der Waals surface area contributed by atoms with E-state index in [2.05, 4.69) is 36.6 Å². The van der Waals surface area contributed by atoms with Gasteiger partial charge in [-0.1, -0.05) is 24.3 Å². The highest BCUT2D eigenvalue weighted by Crippen LogP contribution is 2.33. The molecule has 1 fully saturated rings. The van der Waals surface area contributed by atoms with E-state index in [1.54, 1.807) is 6.92 Å². The van der Waals surface area contributed by atoms with Crippen LogP contribution >= 0.6 is 0 Å². The molecule has 2 heterocycles. The number of benzene rings is 2. The average Bonchev–Trinajstić information content (AvgIpc) is 3.33. The van der Waals surface area contributed by atoms with Crippen LogP contribution in [0, 0.1) is 13.8 Å². The van der Waals surface area contributed by atoms with Gasteiger partial charge in [-0.3, -0.25) is 4.79 Å². The molecule has 4 rings (SSSR count). The van der Waals surface area contributed by atoms with E-state index in [4.69, 9.17) is 9.72 Å². The largest absolute Gasteiger partial charge is 0.493 e. The number of nitrogens with zero attached hydrogens (tertiary/aromatic N) is 3. The van der Waals surface area contributed by atoms with Crippen LogP contribution in [0.3, 0.4) is 0 Å². The van der Waals surface area contributed by atoms with E-state index in [9.17, 15) is 4.79 Å². The molecule has 152 valence electrons. The van der Waals surface area contributed by atoms with Gasteiger partial charge < -0.3 is 14.2 Å². The van der Waals surface area contributed by atoms with Crippen LogP contribution in [0.25, 0.3) is 11.0 Å². The molecule has 0 aliphatic carbocycles. The minimum absolute atomic E-state index is 0.0693. The third-order valence-electron chi connectivity index (χ3n) is 5.98. The van der Waals surface area contributed by atoms with E-state index in [1.165, 1.54) is 11.1 Å². The summed E-state index contributed by atoms with van der Waals surface area (Å²) in [7, 11) is 0. The van der Waals surface area contributed by atoms with E-state index in [0.29, 0.717) is 6.61 Å². The maximum absolute atomic E-state index is 12.1. The number of carbonyl (C=O) groups excluding carboxylic acids is 1. The second-order valence-corrected chi connectivity index (χ2v) is 7.88. The predicted molar refractivity (Wildman–Crippen MR) is 115 cm³/mol. The lowest BCUT2D eigenvalue weighted by Gasteiger charge is -2.24. The Morgan fingerprint density at radius 2 is 2.00 bits per heavy atom. The predicted octanol–water partition coefficient (Wildman–Crippen LogP) is 4.81. The lowest BCUT2D eigenvalue weighted by atomic mass is 10.1.